The summed E-state index contributed by atoms with van der Waals surface area (Å²) >= 11 is 6.01. The first-order chi connectivity index (χ1) is 11.8. The second kappa shape index (κ2) is 10.6. The third-order valence-corrected chi connectivity index (χ3v) is 3.97. The quantitative estimate of drug-likeness (QED) is 0.459. The van der Waals surface area contributed by atoms with Gasteiger partial charge in [0.2, 0.25) is 0 Å². The van der Waals surface area contributed by atoms with Crippen LogP contribution in [0.5, 0.6) is 0 Å². The van der Waals surface area contributed by atoms with Gasteiger partial charge in [0.05, 0.1) is 0 Å². The van der Waals surface area contributed by atoms with Gasteiger partial charge in [0, 0.05) is 23.7 Å². The largest absolute Gasteiger partial charge is 0.453 e. The number of anilines is 1. The number of nitrogens with two attached hydrogens (primary N) is 1. The maximum Gasteiger partial charge on any atom is 0.312 e. The highest BCUT2D eigenvalue weighted by atomic mass is 35.5. The molecule has 0 aliphatic carbocycles. The SMILES string of the molecule is Cc1c(Cl)cccc1NC(=O)[C@H](C)OC(=O)CCCCCNC(N)=O. The number of carbonyl (C=O) groups is 3. The molecule has 3 amide bonds. The number of carbonyl (C=O) groups excluding carboxylic acids is 3. The Bertz CT molecular complexity index is 622. The minimum absolute atomic E-state index is 0.213. The Morgan fingerprint density at radius 3 is 2.64 bits per heavy atom. The highest BCUT2D eigenvalue weighted by molar-refractivity contribution is 6.31. The number of esters is 1. The van der Waals surface area contributed by atoms with Crippen LogP contribution in [0.1, 0.15) is 38.2 Å². The highest BCUT2D eigenvalue weighted by Gasteiger charge is 2.18. The first-order valence-electron chi connectivity index (χ1n) is 8.10. The number of rotatable bonds is 9. The van der Waals surface area contributed by atoms with Crippen LogP contribution >= 0.6 is 11.6 Å². The monoisotopic (exact) mass is 369 g/mol. The van der Waals surface area contributed by atoms with Crippen molar-refractivity contribution in [1.29, 1.82) is 0 Å². The Kier molecular flexibility index (Phi) is 8.77. The number of nitrogens with one attached hydrogen (secondary N) is 2. The minimum atomic E-state index is -0.901. The second-order valence-electron chi connectivity index (χ2n) is 5.64. The van der Waals surface area contributed by atoms with Crippen molar-refractivity contribution < 1.29 is 19.1 Å². The van der Waals surface area contributed by atoms with Gasteiger partial charge >= 0.3 is 12.0 Å². The van der Waals surface area contributed by atoms with Gasteiger partial charge in [-0.05, 0) is 44.4 Å². The van der Waals surface area contributed by atoms with E-state index in [1.54, 1.807) is 25.1 Å². The van der Waals surface area contributed by atoms with E-state index in [0.29, 0.717) is 23.7 Å². The third-order valence-electron chi connectivity index (χ3n) is 3.56. The number of unbranched alkanes of at least 4 members (excludes halogenated alkanes) is 2. The van der Waals surface area contributed by atoms with Crippen LogP contribution in [-0.2, 0) is 14.3 Å². The van der Waals surface area contributed by atoms with E-state index >= 15 is 0 Å². The van der Waals surface area contributed by atoms with Crippen molar-refractivity contribution in [3.8, 4) is 0 Å². The Morgan fingerprint density at radius 1 is 1.24 bits per heavy atom. The first-order valence-corrected chi connectivity index (χ1v) is 8.47. The second-order valence-corrected chi connectivity index (χ2v) is 6.04. The fraction of sp³-hybridized carbons (Fsp3) is 0.471. The van der Waals surface area contributed by atoms with Crippen LogP contribution in [0, 0.1) is 6.92 Å². The zero-order chi connectivity index (χ0) is 18.8. The summed E-state index contributed by atoms with van der Waals surface area (Å²) in [7, 11) is 0. The van der Waals surface area contributed by atoms with Crippen molar-refractivity contribution in [2.24, 2.45) is 5.73 Å². The van der Waals surface area contributed by atoms with Gasteiger partial charge in [-0.15, -0.1) is 0 Å². The smallest absolute Gasteiger partial charge is 0.312 e. The van der Waals surface area contributed by atoms with Crippen LogP contribution in [0.2, 0.25) is 5.02 Å². The summed E-state index contributed by atoms with van der Waals surface area (Å²) in [5.41, 5.74) is 6.28. The van der Waals surface area contributed by atoms with Crippen molar-refractivity contribution in [3.05, 3.63) is 28.8 Å². The van der Waals surface area contributed by atoms with Crippen molar-refractivity contribution in [2.75, 3.05) is 11.9 Å². The number of hydrogen-bond acceptors (Lipinski definition) is 4. The molecule has 25 heavy (non-hydrogen) atoms. The number of halogens is 1. The number of primary amides is 1. The average Bonchev–Trinajstić information content (AvgIpc) is 2.54. The van der Waals surface area contributed by atoms with Crippen LogP contribution in [0.4, 0.5) is 10.5 Å². The Labute approximate surface area is 152 Å². The molecule has 0 aliphatic heterocycles. The molecule has 0 saturated heterocycles. The summed E-state index contributed by atoms with van der Waals surface area (Å²) < 4.78 is 5.13. The molecule has 0 radical (unpaired) electrons. The predicted molar refractivity (Wildman–Crippen MR) is 96.4 cm³/mol. The zero-order valence-electron chi connectivity index (χ0n) is 14.4. The number of benzene rings is 1. The lowest BCUT2D eigenvalue weighted by atomic mass is 10.2. The van der Waals surface area contributed by atoms with Crippen LogP contribution < -0.4 is 16.4 Å². The molecule has 0 saturated carbocycles. The molecule has 0 spiro atoms. The van der Waals surface area contributed by atoms with Gasteiger partial charge in [-0.25, -0.2) is 4.79 Å². The summed E-state index contributed by atoms with van der Waals surface area (Å²) in [5, 5.41) is 5.72. The molecule has 0 unspecified atom stereocenters. The fourth-order valence-electron chi connectivity index (χ4n) is 2.07. The van der Waals surface area contributed by atoms with Crippen LogP contribution in [0.3, 0.4) is 0 Å². The standard InChI is InChI=1S/C17H24ClN3O4/c1-11-13(18)7-6-8-14(11)21-16(23)12(2)25-15(22)9-4-3-5-10-20-17(19)24/h6-8,12H,3-5,9-10H2,1-2H3,(H,21,23)(H3,19,20,24)/t12-/m0/s1. The Balaban J connectivity index is 2.31. The van der Waals surface area contributed by atoms with E-state index in [-0.39, 0.29) is 6.42 Å². The summed E-state index contributed by atoms with van der Waals surface area (Å²) in [6.07, 6.45) is 1.39. The molecule has 0 bridgehead atoms. The van der Waals surface area contributed by atoms with Crippen LogP contribution in [0.15, 0.2) is 18.2 Å². The van der Waals surface area contributed by atoms with Gasteiger partial charge in [-0.3, -0.25) is 9.59 Å². The van der Waals surface area contributed by atoms with Gasteiger partial charge in [0.1, 0.15) is 0 Å². The average molecular weight is 370 g/mol. The van der Waals surface area contributed by atoms with Gasteiger partial charge < -0.3 is 21.1 Å². The molecule has 1 aromatic rings. The molecule has 8 heteroatoms. The number of amides is 3. The highest BCUT2D eigenvalue weighted by Crippen LogP contribution is 2.23. The molecule has 0 aromatic heterocycles. The van der Waals surface area contributed by atoms with Crippen LogP contribution in [0.25, 0.3) is 0 Å². The van der Waals surface area contributed by atoms with Gasteiger partial charge in [-0.1, -0.05) is 24.1 Å². The Hall–Kier alpha value is -2.28. The molecular formula is C17H24ClN3O4. The van der Waals surface area contributed by atoms with E-state index in [1.165, 1.54) is 6.92 Å². The fourth-order valence-corrected chi connectivity index (χ4v) is 2.24. The van der Waals surface area contributed by atoms with E-state index < -0.39 is 24.0 Å². The molecule has 0 aliphatic rings. The molecule has 0 heterocycles. The van der Waals surface area contributed by atoms with Gasteiger partial charge in [-0.2, -0.15) is 0 Å². The number of ether oxygens (including phenoxy) is 1. The molecule has 4 N–H and O–H groups in total. The summed E-state index contributed by atoms with van der Waals surface area (Å²) in [6.45, 7) is 3.79. The zero-order valence-corrected chi connectivity index (χ0v) is 15.2. The van der Waals surface area contributed by atoms with Crippen molar-refractivity contribution in [1.82, 2.24) is 5.32 Å². The summed E-state index contributed by atoms with van der Waals surface area (Å²) in [4.78, 5) is 34.4. The van der Waals surface area contributed by atoms with Crippen LogP contribution in [-0.4, -0.2) is 30.6 Å². The Morgan fingerprint density at radius 2 is 1.96 bits per heavy atom. The van der Waals surface area contributed by atoms with E-state index in [1.807, 2.05) is 0 Å². The predicted octanol–water partition coefficient (Wildman–Crippen LogP) is 2.75. The normalized spacial score (nSPS) is 11.5. The van der Waals surface area contributed by atoms with E-state index in [4.69, 9.17) is 22.1 Å². The summed E-state index contributed by atoms with van der Waals surface area (Å²) in [6, 6.07) is 4.63. The van der Waals surface area contributed by atoms with Gasteiger partial charge in [0.25, 0.3) is 5.91 Å². The van der Waals surface area contributed by atoms with Gasteiger partial charge in [0.15, 0.2) is 6.10 Å². The lowest BCUT2D eigenvalue weighted by molar-refractivity contribution is -0.153. The molecule has 7 nitrogen and oxygen atoms in total. The minimum Gasteiger partial charge on any atom is -0.453 e. The third kappa shape index (κ3) is 7.89. The van der Waals surface area contributed by atoms with E-state index in [0.717, 1.165) is 18.4 Å². The van der Waals surface area contributed by atoms with Crippen molar-refractivity contribution in [3.63, 3.8) is 0 Å². The molecule has 1 rings (SSSR count). The molecule has 138 valence electrons. The molecule has 1 atom stereocenters. The molecule has 0 fully saturated rings. The van der Waals surface area contributed by atoms with Crippen molar-refractivity contribution in [2.45, 2.75) is 45.6 Å². The maximum absolute atomic E-state index is 12.1. The first kappa shape index (κ1) is 20.8. The maximum atomic E-state index is 12.1. The van der Waals surface area contributed by atoms with Crippen molar-refractivity contribution >= 4 is 35.2 Å². The molecular weight excluding hydrogens is 346 g/mol. The number of hydrogen-bond donors (Lipinski definition) is 3. The molecule has 1 aromatic carbocycles. The number of urea groups is 1. The lowest BCUT2D eigenvalue weighted by Gasteiger charge is -2.15. The summed E-state index contributed by atoms with van der Waals surface area (Å²) in [5.74, 6) is -0.849. The lowest BCUT2D eigenvalue weighted by Crippen LogP contribution is -2.30. The van der Waals surface area contributed by atoms with E-state index in [9.17, 15) is 14.4 Å². The topological polar surface area (TPSA) is 111 Å². The van der Waals surface area contributed by atoms with E-state index in [2.05, 4.69) is 10.6 Å².